The summed E-state index contributed by atoms with van der Waals surface area (Å²) < 4.78 is 6.40. The zero-order valence-corrected chi connectivity index (χ0v) is 6.16. The van der Waals surface area contributed by atoms with Gasteiger partial charge in [-0.2, -0.15) is 0 Å². The van der Waals surface area contributed by atoms with Crippen LogP contribution in [0, 0.1) is 0 Å². The van der Waals surface area contributed by atoms with Crippen LogP contribution in [-0.2, 0) is 4.79 Å². The smallest absolute Gasteiger partial charge is 0.151 e. The van der Waals surface area contributed by atoms with Crippen LogP contribution < -0.4 is 0 Å². The Morgan fingerprint density at radius 1 is 1.25 bits per heavy atom. The Kier molecular flexibility index (Phi) is 4.12. The average Bonchev–Trinajstić information content (AvgIpc) is 2.12. The van der Waals surface area contributed by atoms with Gasteiger partial charge in [0.1, 0.15) is 25.8 Å². The van der Waals surface area contributed by atoms with E-state index in [1.807, 2.05) is 0 Å². The third kappa shape index (κ3) is 2.84. The molecular weight excluding hydrogens is 168 g/mol. The van der Waals surface area contributed by atoms with Crippen molar-refractivity contribution in [2.75, 3.05) is 6.61 Å². The number of aliphatic hydroxyl groups is 5. The van der Waals surface area contributed by atoms with E-state index in [2.05, 4.69) is 0 Å². The van der Waals surface area contributed by atoms with Crippen LogP contribution in [0.4, 0.5) is 0 Å². The van der Waals surface area contributed by atoms with Gasteiger partial charge in [0.2, 0.25) is 0 Å². The zero-order valence-electron chi connectivity index (χ0n) is 7.16. The number of aliphatic hydroxyl groups excluding tert-OH is 5. The normalized spacial score (nSPS) is 22.2. The molecule has 0 bridgehead atoms. The number of hydrogen-bond donors (Lipinski definition) is 5. The Balaban J connectivity index is 4.24. The summed E-state index contributed by atoms with van der Waals surface area (Å²) in [6.07, 6.45) is -9.07. The van der Waals surface area contributed by atoms with Crippen LogP contribution >= 0.6 is 0 Å². The summed E-state index contributed by atoms with van der Waals surface area (Å²) >= 11 is 0. The summed E-state index contributed by atoms with van der Waals surface area (Å²) in [6.45, 7) is -0.822. The molecule has 0 rings (SSSR count). The standard InChI is InChI=1S/C6H12O6/c7-1-3(9)5(11)6(12)4(10)2-8/h1,3-6,8-12H,2H2/i1D. The maximum absolute atomic E-state index is 10.2. The Morgan fingerprint density at radius 2 is 1.75 bits per heavy atom. The molecule has 0 radical (unpaired) electrons. The summed E-state index contributed by atoms with van der Waals surface area (Å²) in [5.74, 6) is 0. The second-order valence-corrected chi connectivity index (χ2v) is 2.29. The zero-order chi connectivity index (χ0) is 10.6. The lowest BCUT2D eigenvalue weighted by Gasteiger charge is -2.22. The highest BCUT2D eigenvalue weighted by molar-refractivity contribution is 5.56. The molecule has 12 heavy (non-hydrogen) atoms. The maximum atomic E-state index is 10.2. The molecule has 6 nitrogen and oxygen atoms in total. The molecule has 0 fully saturated rings. The molecule has 0 spiro atoms. The van der Waals surface area contributed by atoms with Gasteiger partial charge in [-0.3, -0.25) is 0 Å². The first-order chi connectivity index (χ1) is 5.91. The number of carbonyl (C=O) groups is 1. The average molecular weight is 181 g/mol. The molecule has 6 heteroatoms. The van der Waals surface area contributed by atoms with Crippen molar-refractivity contribution in [3.05, 3.63) is 0 Å². The molecule has 0 saturated heterocycles. The number of hydrogen-bond acceptors (Lipinski definition) is 6. The molecule has 0 aliphatic rings. The molecule has 0 aromatic heterocycles. The Morgan fingerprint density at radius 3 is 2.08 bits per heavy atom. The van der Waals surface area contributed by atoms with Crippen LogP contribution in [0.5, 0.6) is 0 Å². The summed E-state index contributed by atoms with van der Waals surface area (Å²) in [5, 5.41) is 43.8. The molecule has 0 amide bonds. The minimum Gasteiger partial charge on any atom is -0.394 e. The van der Waals surface area contributed by atoms with E-state index in [4.69, 9.17) is 26.9 Å². The SMILES string of the molecule is [2H]C(=O)C(O)C(O)C(O)C(O)CO. The molecular formula is C6H12O6. The molecule has 4 unspecified atom stereocenters. The third-order valence-electron chi connectivity index (χ3n) is 1.38. The monoisotopic (exact) mass is 181 g/mol. The highest BCUT2D eigenvalue weighted by atomic mass is 16.4. The Hall–Kier alpha value is -0.530. The Bertz CT molecular complexity index is 175. The lowest BCUT2D eigenvalue weighted by atomic mass is 10.0. The van der Waals surface area contributed by atoms with E-state index in [0.29, 0.717) is 0 Å². The van der Waals surface area contributed by atoms with Crippen molar-refractivity contribution in [3.63, 3.8) is 0 Å². The fraction of sp³-hybridized carbons (Fsp3) is 0.833. The van der Waals surface area contributed by atoms with Crippen molar-refractivity contribution in [3.8, 4) is 0 Å². The second kappa shape index (κ2) is 5.18. The molecule has 0 aliphatic heterocycles. The molecule has 72 valence electrons. The van der Waals surface area contributed by atoms with Crippen molar-refractivity contribution in [2.24, 2.45) is 0 Å². The third-order valence-corrected chi connectivity index (χ3v) is 1.38. The topological polar surface area (TPSA) is 118 Å². The second-order valence-electron chi connectivity index (χ2n) is 2.29. The highest BCUT2D eigenvalue weighted by Crippen LogP contribution is 2.02. The molecule has 0 aromatic carbocycles. The first-order valence-corrected chi connectivity index (χ1v) is 3.25. The first kappa shape index (κ1) is 9.56. The predicted octanol–water partition coefficient (Wildman–Crippen LogP) is -3.38. The quantitative estimate of drug-likeness (QED) is 0.282. The molecule has 4 atom stereocenters. The van der Waals surface area contributed by atoms with Crippen LogP contribution in [0.1, 0.15) is 1.37 Å². The van der Waals surface area contributed by atoms with Crippen LogP contribution in [0.3, 0.4) is 0 Å². The fourth-order valence-corrected chi connectivity index (χ4v) is 0.592. The van der Waals surface area contributed by atoms with Gasteiger partial charge in [-0.1, -0.05) is 0 Å². The molecule has 0 heterocycles. The lowest BCUT2D eigenvalue weighted by molar-refractivity contribution is -0.136. The van der Waals surface area contributed by atoms with Gasteiger partial charge in [0.15, 0.2) is 6.26 Å². The van der Waals surface area contributed by atoms with Crippen LogP contribution in [0.2, 0.25) is 0 Å². The van der Waals surface area contributed by atoms with E-state index in [1.165, 1.54) is 0 Å². The Labute approximate surface area is 70.1 Å². The number of carbonyl (C=O) groups excluding carboxylic acids is 1. The molecule has 0 aromatic rings. The van der Waals surface area contributed by atoms with Gasteiger partial charge in [0.25, 0.3) is 0 Å². The van der Waals surface area contributed by atoms with Gasteiger partial charge in [-0.15, -0.1) is 0 Å². The fourth-order valence-electron chi connectivity index (χ4n) is 0.592. The van der Waals surface area contributed by atoms with Gasteiger partial charge >= 0.3 is 0 Å². The highest BCUT2D eigenvalue weighted by Gasteiger charge is 2.29. The van der Waals surface area contributed by atoms with Crippen molar-refractivity contribution in [2.45, 2.75) is 24.4 Å². The molecule has 0 saturated carbocycles. The lowest BCUT2D eigenvalue weighted by Crippen LogP contribution is -2.46. The van der Waals surface area contributed by atoms with Gasteiger partial charge in [-0.25, -0.2) is 0 Å². The van der Waals surface area contributed by atoms with E-state index in [1.54, 1.807) is 0 Å². The summed E-state index contributed by atoms with van der Waals surface area (Å²) in [5.41, 5.74) is 0. The van der Waals surface area contributed by atoms with E-state index in [9.17, 15) is 4.79 Å². The largest absolute Gasteiger partial charge is 0.394 e. The predicted molar refractivity (Wildman–Crippen MR) is 37.2 cm³/mol. The summed E-state index contributed by atoms with van der Waals surface area (Å²) in [7, 11) is 0. The van der Waals surface area contributed by atoms with E-state index >= 15 is 0 Å². The minimum atomic E-state index is -2.09. The van der Waals surface area contributed by atoms with Crippen molar-refractivity contribution < 1.29 is 31.7 Å². The van der Waals surface area contributed by atoms with Crippen LogP contribution in [0.25, 0.3) is 0 Å². The van der Waals surface area contributed by atoms with Gasteiger partial charge < -0.3 is 30.3 Å². The van der Waals surface area contributed by atoms with Crippen LogP contribution in [0.15, 0.2) is 0 Å². The van der Waals surface area contributed by atoms with Crippen molar-refractivity contribution in [1.82, 2.24) is 0 Å². The maximum Gasteiger partial charge on any atom is 0.151 e. The molecule has 5 N–H and O–H groups in total. The van der Waals surface area contributed by atoms with Crippen molar-refractivity contribution >= 4 is 6.26 Å². The van der Waals surface area contributed by atoms with Gasteiger partial charge in [-0.05, 0) is 0 Å². The number of aldehydes is 1. The number of rotatable bonds is 5. The van der Waals surface area contributed by atoms with Gasteiger partial charge in [0.05, 0.1) is 6.61 Å². The van der Waals surface area contributed by atoms with Crippen molar-refractivity contribution in [1.29, 1.82) is 0 Å². The van der Waals surface area contributed by atoms with Crippen LogP contribution in [-0.4, -0.2) is 62.8 Å². The summed E-state index contributed by atoms with van der Waals surface area (Å²) in [6, 6.07) is 0. The minimum absolute atomic E-state index is 0.822. The first-order valence-electron chi connectivity index (χ1n) is 3.75. The van der Waals surface area contributed by atoms with E-state index < -0.39 is 37.3 Å². The van der Waals surface area contributed by atoms with Gasteiger partial charge in [0, 0.05) is 0 Å². The van der Waals surface area contributed by atoms with E-state index in [0.717, 1.165) is 0 Å². The molecule has 0 aliphatic carbocycles. The van der Waals surface area contributed by atoms with E-state index in [-0.39, 0.29) is 0 Å². The summed E-state index contributed by atoms with van der Waals surface area (Å²) in [4.78, 5) is 10.2.